The van der Waals surface area contributed by atoms with Gasteiger partial charge in [0, 0.05) is 34.1 Å². The van der Waals surface area contributed by atoms with Crippen LogP contribution in [0.5, 0.6) is 0 Å². The van der Waals surface area contributed by atoms with E-state index in [2.05, 4.69) is 23.2 Å². The zero-order chi connectivity index (χ0) is 18.3. The Labute approximate surface area is 157 Å². The van der Waals surface area contributed by atoms with Crippen molar-refractivity contribution in [1.82, 2.24) is 10.2 Å². The van der Waals surface area contributed by atoms with Gasteiger partial charge in [0.05, 0.1) is 12.1 Å². The van der Waals surface area contributed by atoms with E-state index in [-0.39, 0.29) is 24.5 Å². The van der Waals surface area contributed by atoms with Crippen LogP contribution in [0.25, 0.3) is 10.1 Å². The fraction of sp³-hybridized carbons (Fsp3) is 0.500. The summed E-state index contributed by atoms with van der Waals surface area (Å²) >= 11 is 1.60. The van der Waals surface area contributed by atoms with E-state index in [1.807, 2.05) is 17.5 Å². The van der Waals surface area contributed by atoms with Crippen molar-refractivity contribution in [2.45, 2.75) is 44.7 Å². The van der Waals surface area contributed by atoms with Crippen molar-refractivity contribution < 1.29 is 14.7 Å². The Morgan fingerprint density at radius 2 is 2.08 bits per heavy atom. The molecule has 2 fully saturated rings. The zero-order valence-electron chi connectivity index (χ0n) is 14.9. The van der Waals surface area contributed by atoms with Crippen molar-refractivity contribution >= 4 is 33.3 Å². The minimum absolute atomic E-state index is 0.0180. The number of benzene rings is 1. The number of carbonyl (C=O) groups is 2. The summed E-state index contributed by atoms with van der Waals surface area (Å²) in [6.07, 6.45) is 4.11. The predicted octanol–water partition coefficient (Wildman–Crippen LogP) is 3.27. The SMILES string of the molecule is Cc1ccc2c(C(=O)NC3CC(N(CC(=O)O)CC4CC4)C3)csc2c1. The first-order chi connectivity index (χ1) is 12.5. The van der Waals surface area contributed by atoms with Gasteiger partial charge < -0.3 is 10.4 Å². The summed E-state index contributed by atoms with van der Waals surface area (Å²) in [4.78, 5) is 25.8. The first-order valence-corrected chi connectivity index (χ1v) is 10.1. The molecule has 4 rings (SSSR count). The molecule has 1 heterocycles. The lowest BCUT2D eigenvalue weighted by Crippen LogP contribution is -2.55. The van der Waals surface area contributed by atoms with Crippen LogP contribution in [0.3, 0.4) is 0 Å². The molecule has 2 aromatic rings. The molecule has 6 heteroatoms. The highest BCUT2D eigenvalue weighted by molar-refractivity contribution is 7.17. The monoisotopic (exact) mass is 372 g/mol. The smallest absolute Gasteiger partial charge is 0.317 e. The second kappa shape index (κ2) is 7.00. The van der Waals surface area contributed by atoms with Gasteiger partial charge in [-0.05, 0) is 50.2 Å². The molecular weight excluding hydrogens is 348 g/mol. The third-order valence-electron chi connectivity index (χ3n) is 5.47. The molecule has 0 saturated heterocycles. The Kier molecular flexibility index (Phi) is 4.71. The molecule has 2 aliphatic carbocycles. The average Bonchev–Trinajstić information content (AvgIpc) is 3.25. The van der Waals surface area contributed by atoms with Gasteiger partial charge in [-0.2, -0.15) is 0 Å². The summed E-state index contributed by atoms with van der Waals surface area (Å²) in [5.74, 6) is -0.114. The standard InChI is InChI=1S/C20H24N2O3S/c1-12-2-5-16-17(11-26-18(16)6-12)20(25)21-14-7-15(8-14)22(10-19(23)24)9-13-3-4-13/h2,5-6,11,13-15H,3-4,7-10H2,1H3,(H,21,25)(H,23,24). The van der Waals surface area contributed by atoms with Gasteiger partial charge in [-0.15, -0.1) is 11.3 Å². The highest BCUT2D eigenvalue weighted by atomic mass is 32.1. The summed E-state index contributed by atoms with van der Waals surface area (Å²) in [5, 5.41) is 15.2. The van der Waals surface area contributed by atoms with Crippen LogP contribution in [0.1, 0.15) is 41.6 Å². The maximum absolute atomic E-state index is 12.6. The number of aryl methyl sites for hydroxylation is 1. The van der Waals surface area contributed by atoms with Crippen LogP contribution in [0.4, 0.5) is 0 Å². The van der Waals surface area contributed by atoms with Crippen molar-refractivity contribution in [3.05, 3.63) is 34.7 Å². The number of nitrogens with zero attached hydrogens (tertiary/aromatic N) is 1. The minimum atomic E-state index is -0.766. The normalized spacial score (nSPS) is 22.4. The first-order valence-electron chi connectivity index (χ1n) is 9.24. The third-order valence-corrected chi connectivity index (χ3v) is 6.41. The number of hydrogen-bond donors (Lipinski definition) is 2. The van der Waals surface area contributed by atoms with Crippen molar-refractivity contribution in [3.8, 4) is 0 Å². The van der Waals surface area contributed by atoms with Gasteiger partial charge in [-0.1, -0.05) is 12.1 Å². The number of amides is 1. The van der Waals surface area contributed by atoms with Gasteiger partial charge in [-0.3, -0.25) is 14.5 Å². The summed E-state index contributed by atoms with van der Waals surface area (Å²) in [6.45, 7) is 3.04. The van der Waals surface area contributed by atoms with Gasteiger partial charge in [-0.25, -0.2) is 0 Å². The molecule has 0 spiro atoms. The summed E-state index contributed by atoms with van der Waals surface area (Å²) in [7, 11) is 0. The summed E-state index contributed by atoms with van der Waals surface area (Å²) < 4.78 is 1.14. The molecule has 0 unspecified atom stereocenters. The van der Waals surface area contributed by atoms with E-state index in [0.29, 0.717) is 5.92 Å². The lowest BCUT2D eigenvalue weighted by atomic mass is 9.85. The van der Waals surface area contributed by atoms with Crippen molar-refractivity contribution in [2.24, 2.45) is 5.92 Å². The molecule has 0 bridgehead atoms. The molecular formula is C20H24N2O3S. The van der Waals surface area contributed by atoms with Crippen LogP contribution >= 0.6 is 11.3 Å². The molecule has 2 N–H and O–H groups in total. The molecule has 1 aromatic heterocycles. The number of nitrogens with one attached hydrogen (secondary N) is 1. The maximum atomic E-state index is 12.6. The third kappa shape index (κ3) is 3.76. The number of aliphatic carboxylic acids is 1. The molecule has 0 aliphatic heterocycles. The first kappa shape index (κ1) is 17.5. The predicted molar refractivity (Wildman–Crippen MR) is 103 cm³/mol. The van der Waals surface area contributed by atoms with Crippen LogP contribution in [0.2, 0.25) is 0 Å². The summed E-state index contributed by atoms with van der Waals surface area (Å²) in [6, 6.07) is 6.58. The molecule has 138 valence electrons. The van der Waals surface area contributed by atoms with Gasteiger partial charge in [0.2, 0.25) is 0 Å². The Hall–Kier alpha value is -1.92. The largest absolute Gasteiger partial charge is 0.480 e. The lowest BCUT2D eigenvalue weighted by Gasteiger charge is -2.42. The van der Waals surface area contributed by atoms with E-state index in [9.17, 15) is 9.59 Å². The Balaban J connectivity index is 1.35. The van der Waals surface area contributed by atoms with Crippen LogP contribution in [0, 0.1) is 12.8 Å². The second-order valence-corrected chi connectivity index (χ2v) is 8.62. The second-order valence-electron chi connectivity index (χ2n) is 7.71. The van der Waals surface area contributed by atoms with Crippen molar-refractivity contribution in [1.29, 1.82) is 0 Å². The summed E-state index contributed by atoms with van der Waals surface area (Å²) in [5.41, 5.74) is 1.94. The highest BCUT2D eigenvalue weighted by Gasteiger charge is 2.37. The molecule has 2 aliphatic rings. The number of thiophene rings is 1. The number of carboxylic acids is 1. The van der Waals surface area contributed by atoms with Crippen LogP contribution < -0.4 is 5.32 Å². The fourth-order valence-corrected chi connectivity index (χ4v) is 4.76. The quantitative estimate of drug-likeness (QED) is 0.783. The van der Waals surface area contributed by atoms with E-state index >= 15 is 0 Å². The number of carbonyl (C=O) groups excluding carboxylic acids is 1. The fourth-order valence-electron chi connectivity index (χ4n) is 3.73. The van der Waals surface area contributed by atoms with E-state index in [0.717, 1.165) is 35.0 Å². The van der Waals surface area contributed by atoms with E-state index in [4.69, 9.17) is 5.11 Å². The van der Waals surface area contributed by atoms with Gasteiger partial charge in [0.15, 0.2) is 0 Å². The van der Waals surface area contributed by atoms with Crippen LogP contribution in [-0.4, -0.2) is 47.1 Å². The van der Waals surface area contributed by atoms with Crippen molar-refractivity contribution in [2.75, 3.05) is 13.1 Å². The molecule has 5 nitrogen and oxygen atoms in total. The zero-order valence-corrected chi connectivity index (χ0v) is 15.7. The molecule has 0 atom stereocenters. The Bertz CT molecular complexity index is 837. The molecule has 1 aromatic carbocycles. The Morgan fingerprint density at radius 1 is 1.31 bits per heavy atom. The minimum Gasteiger partial charge on any atom is -0.480 e. The molecule has 1 amide bonds. The maximum Gasteiger partial charge on any atom is 0.317 e. The highest BCUT2D eigenvalue weighted by Crippen LogP contribution is 2.34. The van der Waals surface area contributed by atoms with E-state index in [1.54, 1.807) is 11.3 Å². The van der Waals surface area contributed by atoms with Crippen LogP contribution in [0.15, 0.2) is 23.6 Å². The van der Waals surface area contributed by atoms with E-state index < -0.39 is 5.97 Å². The Morgan fingerprint density at radius 3 is 2.77 bits per heavy atom. The van der Waals surface area contributed by atoms with Gasteiger partial charge >= 0.3 is 5.97 Å². The molecule has 26 heavy (non-hydrogen) atoms. The average molecular weight is 372 g/mol. The number of fused-ring (bicyclic) bond motifs is 1. The van der Waals surface area contributed by atoms with Crippen LogP contribution in [-0.2, 0) is 4.79 Å². The van der Waals surface area contributed by atoms with Crippen molar-refractivity contribution in [3.63, 3.8) is 0 Å². The van der Waals surface area contributed by atoms with E-state index in [1.165, 1.54) is 18.4 Å². The van der Waals surface area contributed by atoms with Gasteiger partial charge in [0.25, 0.3) is 5.91 Å². The number of rotatable bonds is 7. The van der Waals surface area contributed by atoms with Gasteiger partial charge in [0.1, 0.15) is 0 Å². The number of carboxylic acid groups (broad SMARTS) is 1. The molecule has 0 radical (unpaired) electrons. The topological polar surface area (TPSA) is 69.6 Å². The lowest BCUT2D eigenvalue weighted by molar-refractivity contribution is -0.139. The number of hydrogen-bond acceptors (Lipinski definition) is 4. The molecule has 2 saturated carbocycles.